The minimum Gasteiger partial charge on any atom is -0.320 e. The van der Waals surface area contributed by atoms with Crippen LogP contribution in [0.4, 0.5) is 5.82 Å². The van der Waals surface area contributed by atoms with Crippen LogP contribution in [-0.4, -0.2) is 21.9 Å². The summed E-state index contributed by atoms with van der Waals surface area (Å²) < 4.78 is 0. The van der Waals surface area contributed by atoms with Crippen molar-refractivity contribution in [3.63, 3.8) is 0 Å². The van der Waals surface area contributed by atoms with Crippen molar-refractivity contribution in [1.29, 1.82) is 0 Å². The van der Waals surface area contributed by atoms with Crippen LogP contribution < -0.4 is 11.1 Å². The molecule has 1 amide bonds. The third kappa shape index (κ3) is 4.11. The standard InChI is InChI=1S/C10H14Cl2N4O/c1-5(2)3-6(13)10(17)16-9-7(11)8(12)14-4-15-9/h4-6H,3,13H2,1-2H3,(H,14,15,16,17)/t6-/m1/s1. The number of anilines is 1. The Balaban J connectivity index is 2.71. The number of hydrogen-bond acceptors (Lipinski definition) is 4. The Bertz CT molecular complexity index is 411. The van der Waals surface area contributed by atoms with E-state index in [-0.39, 0.29) is 21.9 Å². The van der Waals surface area contributed by atoms with Gasteiger partial charge in [0.05, 0.1) is 6.04 Å². The van der Waals surface area contributed by atoms with Gasteiger partial charge in [0.25, 0.3) is 0 Å². The number of rotatable bonds is 4. The molecule has 0 aromatic carbocycles. The van der Waals surface area contributed by atoms with E-state index < -0.39 is 6.04 Å². The molecule has 0 fully saturated rings. The van der Waals surface area contributed by atoms with Crippen molar-refractivity contribution in [3.8, 4) is 0 Å². The van der Waals surface area contributed by atoms with Crippen LogP contribution in [0, 0.1) is 5.92 Å². The molecule has 0 aliphatic rings. The van der Waals surface area contributed by atoms with Gasteiger partial charge < -0.3 is 11.1 Å². The largest absolute Gasteiger partial charge is 0.320 e. The van der Waals surface area contributed by atoms with E-state index in [9.17, 15) is 4.79 Å². The molecule has 5 nitrogen and oxygen atoms in total. The first-order valence-corrected chi connectivity index (χ1v) is 5.89. The Hall–Kier alpha value is -0.910. The van der Waals surface area contributed by atoms with Gasteiger partial charge in [0.2, 0.25) is 5.91 Å². The van der Waals surface area contributed by atoms with Gasteiger partial charge in [-0.1, -0.05) is 37.0 Å². The van der Waals surface area contributed by atoms with Crippen molar-refractivity contribution in [1.82, 2.24) is 9.97 Å². The van der Waals surface area contributed by atoms with Crippen molar-refractivity contribution in [3.05, 3.63) is 16.5 Å². The van der Waals surface area contributed by atoms with E-state index in [4.69, 9.17) is 28.9 Å². The molecule has 1 rings (SSSR count). The zero-order chi connectivity index (χ0) is 13.0. The van der Waals surface area contributed by atoms with Gasteiger partial charge in [-0.25, -0.2) is 9.97 Å². The second kappa shape index (κ2) is 6.14. The van der Waals surface area contributed by atoms with E-state index in [0.717, 1.165) is 0 Å². The van der Waals surface area contributed by atoms with Crippen molar-refractivity contribution < 1.29 is 4.79 Å². The average molecular weight is 277 g/mol. The summed E-state index contributed by atoms with van der Waals surface area (Å²) in [7, 11) is 0. The Kier molecular flexibility index (Phi) is 5.11. The maximum absolute atomic E-state index is 11.7. The van der Waals surface area contributed by atoms with Gasteiger partial charge in [-0.15, -0.1) is 0 Å². The van der Waals surface area contributed by atoms with Crippen LogP contribution in [0.2, 0.25) is 10.2 Å². The lowest BCUT2D eigenvalue weighted by Crippen LogP contribution is -2.37. The molecule has 0 saturated carbocycles. The van der Waals surface area contributed by atoms with Crippen LogP contribution in [0.25, 0.3) is 0 Å². The summed E-state index contributed by atoms with van der Waals surface area (Å²) >= 11 is 11.5. The molecule has 1 atom stereocenters. The number of halogens is 2. The normalized spacial score (nSPS) is 12.6. The van der Waals surface area contributed by atoms with E-state index in [0.29, 0.717) is 12.3 Å². The zero-order valence-electron chi connectivity index (χ0n) is 9.58. The molecule has 0 saturated heterocycles. The van der Waals surface area contributed by atoms with Crippen molar-refractivity contribution in [2.24, 2.45) is 11.7 Å². The molecule has 17 heavy (non-hydrogen) atoms. The number of amides is 1. The predicted molar refractivity (Wildman–Crippen MR) is 68.1 cm³/mol. The molecule has 1 heterocycles. The molecule has 0 aliphatic carbocycles. The Morgan fingerprint density at radius 3 is 2.71 bits per heavy atom. The smallest absolute Gasteiger partial charge is 0.242 e. The van der Waals surface area contributed by atoms with Crippen LogP contribution in [0.3, 0.4) is 0 Å². The molecule has 0 unspecified atom stereocenters. The topological polar surface area (TPSA) is 80.9 Å². The average Bonchev–Trinajstić information content (AvgIpc) is 2.23. The molecule has 0 radical (unpaired) electrons. The van der Waals surface area contributed by atoms with Crippen LogP contribution in [0.5, 0.6) is 0 Å². The molecule has 1 aromatic heterocycles. The molecular weight excluding hydrogens is 263 g/mol. The van der Waals surface area contributed by atoms with Gasteiger partial charge in [0.15, 0.2) is 11.0 Å². The molecule has 1 aromatic rings. The highest BCUT2D eigenvalue weighted by atomic mass is 35.5. The molecule has 7 heteroatoms. The Morgan fingerprint density at radius 2 is 2.12 bits per heavy atom. The van der Waals surface area contributed by atoms with Crippen LogP contribution in [-0.2, 0) is 4.79 Å². The summed E-state index contributed by atoms with van der Waals surface area (Å²) in [6.45, 7) is 3.98. The first kappa shape index (κ1) is 14.2. The highest BCUT2D eigenvalue weighted by Gasteiger charge is 2.17. The number of carbonyl (C=O) groups is 1. The summed E-state index contributed by atoms with van der Waals surface area (Å²) in [5.74, 6) is 0.173. The highest BCUT2D eigenvalue weighted by molar-refractivity contribution is 6.42. The van der Waals surface area contributed by atoms with Crippen LogP contribution in [0.1, 0.15) is 20.3 Å². The SMILES string of the molecule is CC(C)C[C@@H](N)C(=O)Nc1ncnc(Cl)c1Cl. The van der Waals surface area contributed by atoms with Gasteiger partial charge in [-0.3, -0.25) is 4.79 Å². The van der Waals surface area contributed by atoms with Crippen molar-refractivity contribution in [2.45, 2.75) is 26.3 Å². The number of carbonyl (C=O) groups excluding carboxylic acids is 1. The third-order valence-corrected chi connectivity index (χ3v) is 2.79. The third-order valence-electron chi connectivity index (χ3n) is 2.05. The summed E-state index contributed by atoms with van der Waals surface area (Å²) in [6, 6.07) is -0.597. The molecule has 0 spiro atoms. The zero-order valence-corrected chi connectivity index (χ0v) is 11.1. The molecular formula is C10H14Cl2N4O. The van der Waals surface area contributed by atoms with Crippen molar-refractivity contribution >= 4 is 34.9 Å². The Labute approximate surface area is 110 Å². The quantitative estimate of drug-likeness (QED) is 0.826. The minimum absolute atomic E-state index is 0.0920. The predicted octanol–water partition coefficient (Wildman–Crippen LogP) is 2.10. The van der Waals surface area contributed by atoms with Gasteiger partial charge >= 0.3 is 0 Å². The Morgan fingerprint density at radius 1 is 1.47 bits per heavy atom. The van der Waals surface area contributed by atoms with E-state index in [2.05, 4.69) is 15.3 Å². The first-order valence-electron chi connectivity index (χ1n) is 5.14. The van der Waals surface area contributed by atoms with E-state index in [1.165, 1.54) is 6.33 Å². The number of nitrogens with two attached hydrogens (primary N) is 1. The first-order chi connectivity index (χ1) is 7.91. The number of nitrogens with one attached hydrogen (secondary N) is 1. The lowest BCUT2D eigenvalue weighted by molar-refractivity contribution is -0.117. The lowest BCUT2D eigenvalue weighted by atomic mass is 10.0. The highest BCUT2D eigenvalue weighted by Crippen LogP contribution is 2.25. The van der Waals surface area contributed by atoms with Gasteiger partial charge in [0, 0.05) is 0 Å². The second-order valence-corrected chi connectivity index (χ2v) is 4.79. The van der Waals surface area contributed by atoms with E-state index in [1.54, 1.807) is 0 Å². The van der Waals surface area contributed by atoms with Gasteiger partial charge in [-0.05, 0) is 12.3 Å². The lowest BCUT2D eigenvalue weighted by Gasteiger charge is -2.14. The molecule has 0 bridgehead atoms. The van der Waals surface area contributed by atoms with E-state index in [1.807, 2.05) is 13.8 Å². The molecule has 0 aliphatic heterocycles. The maximum Gasteiger partial charge on any atom is 0.242 e. The number of aromatic nitrogens is 2. The summed E-state index contributed by atoms with van der Waals surface area (Å²) in [6.07, 6.45) is 1.81. The fourth-order valence-electron chi connectivity index (χ4n) is 1.26. The summed E-state index contributed by atoms with van der Waals surface area (Å²) in [5, 5.41) is 2.73. The van der Waals surface area contributed by atoms with Crippen LogP contribution >= 0.6 is 23.2 Å². The van der Waals surface area contributed by atoms with Gasteiger partial charge in [-0.2, -0.15) is 0 Å². The number of nitrogens with zero attached hydrogens (tertiary/aromatic N) is 2. The van der Waals surface area contributed by atoms with Crippen LogP contribution in [0.15, 0.2) is 6.33 Å². The maximum atomic E-state index is 11.7. The molecule has 94 valence electrons. The van der Waals surface area contributed by atoms with Gasteiger partial charge in [0.1, 0.15) is 11.3 Å². The second-order valence-electron chi connectivity index (χ2n) is 4.05. The summed E-state index contributed by atoms with van der Waals surface area (Å²) in [5.41, 5.74) is 5.72. The van der Waals surface area contributed by atoms with E-state index >= 15 is 0 Å². The fraction of sp³-hybridized carbons (Fsp3) is 0.500. The fourth-order valence-corrected chi connectivity index (χ4v) is 1.54. The summed E-state index contributed by atoms with van der Waals surface area (Å²) in [4.78, 5) is 19.2. The molecule has 3 N–H and O–H groups in total. The monoisotopic (exact) mass is 276 g/mol. The minimum atomic E-state index is -0.597. The van der Waals surface area contributed by atoms with Crippen molar-refractivity contribution in [2.75, 3.05) is 5.32 Å². The number of hydrogen-bond donors (Lipinski definition) is 2.